The molecule has 0 bridgehead atoms. The van der Waals surface area contributed by atoms with E-state index in [2.05, 4.69) is 27.9 Å². The summed E-state index contributed by atoms with van der Waals surface area (Å²) in [7, 11) is 0. The van der Waals surface area contributed by atoms with E-state index in [0.29, 0.717) is 25.6 Å². The number of ether oxygens (including phenoxy) is 1. The van der Waals surface area contributed by atoms with Crippen LogP contribution in [0.1, 0.15) is 51.9 Å². The Morgan fingerprint density at radius 2 is 1.79 bits per heavy atom. The van der Waals surface area contributed by atoms with Crippen LogP contribution in [-0.4, -0.2) is 86.3 Å². The molecule has 1 unspecified atom stereocenters. The van der Waals surface area contributed by atoms with E-state index >= 15 is 0 Å². The van der Waals surface area contributed by atoms with Gasteiger partial charge in [-0.1, -0.05) is 13.3 Å². The van der Waals surface area contributed by atoms with Crippen LogP contribution in [-0.2, 0) is 14.3 Å². The SMILES string of the molecule is CCCCOC(=O)NN1CCC(CCN2CCN(c3cc(F)c(NC4CCC(=O)NC4=O)cc3F)CC2)CC1. The Morgan fingerprint density at radius 3 is 2.49 bits per heavy atom. The van der Waals surface area contributed by atoms with Crippen molar-refractivity contribution in [3.63, 3.8) is 0 Å². The van der Waals surface area contributed by atoms with Crippen LogP contribution in [0.25, 0.3) is 0 Å². The molecule has 1 atom stereocenters. The Kier molecular flexibility index (Phi) is 10.3. The number of carbonyl (C=O) groups is 3. The fourth-order valence-corrected chi connectivity index (χ4v) is 5.29. The largest absolute Gasteiger partial charge is 0.449 e. The lowest BCUT2D eigenvalue weighted by molar-refractivity contribution is -0.133. The third-order valence-corrected chi connectivity index (χ3v) is 7.77. The van der Waals surface area contributed by atoms with Gasteiger partial charge in [0.2, 0.25) is 11.8 Å². The van der Waals surface area contributed by atoms with Crippen LogP contribution >= 0.6 is 0 Å². The number of nitrogens with one attached hydrogen (secondary N) is 3. The highest BCUT2D eigenvalue weighted by Crippen LogP contribution is 2.28. The summed E-state index contributed by atoms with van der Waals surface area (Å²) in [6.45, 7) is 7.79. The topological polar surface area (TPSA) is 106 Å². The number of hydrogen-bond acceptors (Lipinski definition) is 8. The van der Waals surface area contributed by atoms with Crippen LogP contribution in [0.4, 0.5) is 25.0 Å². The van der Waals surface area contributed by atoms with Gasteiger partial charge in [-0.15, -0.1) is 0 Å². The predicted molar refractivity (Wildman–Crippen MR) is 143 cm³/mol. The van der Waals surface area contributed by atoms with Gasteiger partial charge in [0.25, 0.3) is 0 Å². The highest BCUT2D eigenvalue weighted by atomic mass is 19.1. The van der Waals surface area contributed by atoms with E-state index in [9.17, 15) is 23.2 Å². The zero-order chi connectivity index (χ0) is 27.8. The molecule has 3 aliphatic heterocycles. The number of unbranched alkanes of at least 4 members (excludes halogenated alkanes) is 1. The van der Waals surface area contributed by atoms with Crippen LogP contribution in [0.3, 0.4) is 0 Å². The first-order valence-corrected chi connectivity index (χ1v) is 14.1. The van der Waals surface area contributed by atoms with Crippen molar-refractivity contribution >= 4 is 29.3 Å². The molecule has 1 aromatic carbocycles. The van der Waals surface area contributed by atoms with Crippen molar-refractivity contribution in [3.8, 4) is 0 Å². The Morgan fingerprint density at radius 1 is 1.05 bits per heavy atom. The second kappa shape index (κ2) is 13.9. The summed E-state index contributed by atoms with van der Waals surface area (Å²) in [5, 5.41) is 6.87. The number of imide groups is 1. The number of carbonyl (C=O) groups excluding carboxylic acids is 3. The predicted octanol–water partition coefficient (Wildman–Crippen LogP) is 2.85. The minimum absolute atomic E-state index is 0.0842. The second-order valence-electron chi connectivity index (χ2n) is 10.6. The second-order valence-corrected chi connectivity index (χ2v) is 10.6. The van der Waals surface area contributed by atoms with Gasteiger partial charge in [0.15, 0.2) is 0 Å². The Hall–Kier alpha value is -2.99. The molecule has 10 nitrogen and oxygen atoms in total. The molecule has 12 heteroatoms. The minimum Gasteiger partial charge on any atom is -0.449 e. The molecule has 0 spiro atoms. The van der Waals surface area contributed by atoms with Crippen LogP contribution < -0.4 is 21.0 Å². The maximum absolute atomic E-state index is 14.9. The lowest BCUT2D eigenvalue weighted by Crippen LogP contribution is -2.48. The molecule has 0 saturated carbocycles. The standard InChI is InChI=1S/C27H40F2N6O4/c1-2-3-16-39-27(38)32-35-10-7-19(8-11-35)6-9-33-12-14-34(15-13-33)24-18-20(28)23(17-21(24)29)30-22-4-5-25(36)31-26(22)37/h17-19,22,30H,2-16H2,1H3,(H,32,38)(H,31,36,37). The van der Waals surface area contributed by atoms with Gasteiger partial charge in [0, 0.05) is 57.8 Å². The van der Waals surface area contributed by atoms with Crippen molar-refractivity contribution in [1.29, 1.82) is 0 Å². The summed E-state index contributed by atoms with van der Waals surface area (Å²) in [6.07, 6.45) is 4.96. The first-order valence-electron chi connectivity index (χ1n) is 14.1. The van der Waals surface area contributed by atoms with E-state index in [-0.39, 0.29) is 36.2 Å². The average molecular weight is 551 g/mol. The Bertz CT molecular complexity index is 1010. The van der Waals surface area contributed by atoms with E-state index in [1.807, 2.05) is 9.91 Å². The van der Waals surface area contributed by atoms with Crippen molar-refractivity contribution in [2.75, 3.05) is 62.6 Å². The Labute approximate surface area is 228 Å². The number of hydrogen-bond donors (Lipinski definition) is 3. The fraction of sp³-hybridized carbons (Fsp3) is 0.667. The lowest BCUT2D eigenvalue weighted by atomic mass is 9.94. The van der Waals surface area contributed by atoms with Gasteiger partial charge in [-0.3, -0.25) is 25.2 Å². The number of nitrogens with zero attached hydrogens (tertiary/aromatic N) is 3. The molecule has 3 fully saturated rings. The molecule has 3 N–H and O–H groups in total. The summed E-state index contributed by atoms with van der Waals surface area (Å²) in [4.78, 5) is 39.3. The third kappa shape index (κ3) is 8.25. The van der Waals surface area contributed by atoms with Crippen molar-refractivity contribution < 1.29 is 27.9 Å². The number of rotatable bonds is 10. The Balaban J connectivity index is 1.17. The molecule has 0 aromatic heterocycles. The number of halogens is 2. The molecule has 0 radical (unpaired) electrons. The quantitative estimate of drug-likeness (QED) is 0.302. The van der Waals surface area contributed by atoms with E-state index in [1.54, 1.807) is 0 Å². The normalized spacial score (nSPS) is 21.5. The zero-order valence-corrected chi connectivity index (χ0v) is 22.6. The van der Waals surface area contributed by atoms with Gasteiger partial charge < -0.3 is 15.0 Å². The highest BCUT2D eigenvalue weighted by Gasteiger charge is 2.28. The first-order chi connectivity index (χ1) is 18.8. The van der Waals surface area contributed by atoms with Crippen molar-refractivity contribution in [3.05, 3.63) is 23.8 Å². The van der Waals surface area contributed by atoms with Crippen LogP contribution in [0, 0.1) is 17.6 Å². The fourth-order valence-electron chi connectivity index (χ4n) is 5.29. The highest BCUT2D eigenvalue weighted by molar-refractivity contribution is 6.01. The van der Waals surface area contributed by atoms with Crippen molar-refractivity contribution in [2.24, 2.45) is 5.92 Å². The van der Waals surface area contributed by atoms with Crippen LogP contribution in [0.5, 0.6) is 0 Å². The van der Waals surface area contributed by atoms with E-state index in [1.165, 1.54) is 6.07 Å². The van der Waals surface area contributed by atoms with E-state index < -0.39 is 23.6 Å². The molecular weight excluding hydrogens is 510 g/mol. The zero-order valence-electron chi connectivity index (χ0n) is 22.6. The smallest absolute Gasteiger partial charge is 0.421 e. The van der Waals surface area contributed by atoms with Crippen molar-refractivity contribution in [1.82, 2.24) is 20.7 Å². The van der Waals surface area contributed by atoms with Gasteiger partial charge in [-0.25, -0.2) is 18.6 Å². The summed E-state index contributed by atoms with van der Waals surface area (Å²) in [5.74, 6) is -1.48. The average Bonchev–Trinajstić information content (AvgIpc) is 2.92. The van der Waals surface area contributed by atoms with Crippen LogP contribution in [0.2, 0.25) is 0 Å². The summed E-state index contributed by atoms with van der Waals surface area (Å²) >= 11 is 0. The molecule has 1 aromatic rings. The number of benzene rings is 1. The maximum atomic E-state index is 14.9. The summed E-state index contributed by atoms with van der Waals surface area (Å²) in [6, 6.07) is 1.49. The van der Waals surface area contributed by atoms with Crippen LogP contribution in [0.15, 0.2) is 12.1 Å². The van der Waals surface area contributed by atoms with Gasteiger partial charge in [0.05, 0.1) is 18.0 Å². The molecular formula is C27H40F2N6O4. The monoisotopic (exact) mass is 550 g/mol. The molecule has 4 rings (SSSR count). The molecule has 216 valence electrons. The van der Waals surface area contributed by atoms with E-state index in [4.69, 9.17) is 4.74 Å². The van der Waals surface area contributed by atoms with Gasteiger partial charge >= 0.3 is 6.09 Å². The number of piperazine rings is 1. The number of piperidine rings is 2. The number of hydrazine groups is 1. The summed E-state index contributed by atoms with van der Waals surface area (Å²) < 4.78 is 34.9. The van der Waals surface area contributed by atoms with Gasteiger partial charge in [-0.05, 0) is 44.6 Å². The maximum Gasteiger partial charge on any atom is 0.421 e. The third-order valence-electron chi connectivity index (χ3n) is 7.77. The van der Waals surface area contributed by atoms with Crippen molar-refractivity contribution in [2.45, 2.75) is 57.9 Å². The summed E-state index contributed by atoms with van der Waals surface area (Å²) in [5.41, 5.74) is 2.96. The molecule has 3 saturated heterocycles. The lowest BCUT2D eigenvalue weighted by Gasteiger charge is -2.37. The van der Waals surface area contributed by atoms with Gasteiger partial charge in [-0.2, -0.15) is 0 Å². The molecule has 3 amide bonds. The number of anilines is 2. The van der Waals surface area contributed by atoms with E-state index in [0.717, 1.165) is 70.9 Å². The first kappa shape index (κ1) is 29.0. The minimum atomic E-state index is -0.776. The molecule has 39 heavy (non-hydrogen) atoms. The van der Waals surface area contributed by atoms with Gasteiger partial charge in [0.1, 0.15) is 17.7 Å². The molecule has 0 aliphatic carbocycles. The molecule has 3 aliphatic rings. The number of amides is 3. The molecule has 3 heterocycles.